The maximum Gasteiger partial charge on any atom is 0.408 e. The number of allylic oxidation sites excluding steroid dienone is 4. The van der Waals surface area contributed by atoms with Crippen LogP contribution < -0.4 is 30.7 Å². The molecule has 0 aliphatic rings. The Labute approximate surface area is 448 Å². The van der Waals surface area contributed by atoms with E-state index in [-0.39, 0.29) is 61.3 Å². The monoisotopic (exact) mass is 1040 g/mol. The molecule has 0 radical (unpaired) electrons. The molecule has 15 nitrogen and oxygen atoms in total. The second kappa shape index (κ2) is 48.4. The van der Waals surface area contributed by atoms with E-state index in [0.29, 0.717) is 45.2 Å². The van der Waals surface area contributed by atoms with E-state index in [1.807, 2.05) is 0 Å². The van der Waals surface area contributed by atoms with E-state index in [0.717, 1.165) is 51.4 Å². The third-order valence-electron chi connectivity index (χ3n) is 13.3. The lowest BCUT2D eigenvalue weighted by molar-refractivity contribution is -0.386. The number of rotatable bonds is 51. The molecule has 15 heteroatoms. The number of unbranched alkanes of at least 4 members (excludes halogenated alkanes) is 24. The summed E-state index contributed by atoms with van der Waals surface area (Å²) in [5, 5.41) is 43.4. The molecule has 3 unspecified atom stereocenters. The van der Waals surface area contributed by atoms with Gasteiger partial charge in [-0.15, -0.1) is 0 Å². The van der Waals surface area contributed by atoms with Crippen LogP contribution in [0.3, 0.4) is 0 Å². The van der Waals surface area contributed by atoms with E-state index in [1.54, 1.807) is 0 Å². The minimum absolute atomic E-state index is 0.0651. The Kier molecular flexibility index (Phi) is 44.4. The van der Waals surface area contributed by atoms with E-state index in [9.17, 15) is 34.7 Å². The van der Waals surface area contributed by atoms with Gasteiger partial charge in [0.1, 0.15) is 18.4 Å². The van der Waals surface area contributed by atoms with Crippen LogP contribution in [0.1, 0.15) is 251 Å². The first kappa shape index (κ1) is 67.8. The van der Waals surface area contributed by atoms with Crippen molar-refractivity contribution in [3.8, 4) is 11.5 Å². The quantitative estimate of drug-likeness (QED) is 0.0119. The minimum atomic E-state index is -1.11. The highest BCUT2D eigenvalue weighted by atomic mass is 16.6. The molecule has 1 aromatic carbocycles. The fourth-order valence-electron chi connectivity index (χ4n) is 8.76. The van der Waals surface area contributed by atoms with Crippen molar-refractivity contribution in [3.05, 3.63) is 52.1 Å². The van der Waals surface area contributed by atoms with Gasteiger partial charge in [-0.1, -0.05) is 147 Å². The lowest BCUT2D eigenvalue weighted by atomic mass is 10.1. The molecule has 0 aliphatic carbocycles. The Balaban J connectivity index is 2.46. The molecule has 0 saturated carbocycles. The van der Waals surface area contributed by atoms with Gasteiger partial charge in [-0.25, -0.2) is 4.79 Å². The fourth-order valence-corrected chi connectivity index (χ4v) is 8.76. The lowest BCUT2D eigenvalue weighted by Gasteiger charge is -2.21. The molecular weight excluding hydrogens is 939 g/mol. The van der Waals surface area contributed by atoms with Crippen LogP contribution in [0.5, 0.6) is 11.5 Å². The van der Waals surface area contributed by atoms with Crippen LogP contribution in [0.4, 0.5) is 10.5 Å². The SMILES string of the molecule is CCCCCCCC/C=C\CCCCCCCCNC(=O)CCCOc1cc([N+](=O)[O-])c(C(C)OC(=O)NC(CCCCNC(O)CCCCCCC/C=C\CCCCCCCC)C(=O)NCCCO)cc1OC. The van der Waals surface area contributed by atoms with Crippen LogP contribution in [0.15, 0.2) is 36.4 Å². The van der Waals surface area contributed by atoms with Crippen LogP contribution in [0.2, 0.25) is 0 Å². The van der Waals surface area contributed by atoms with Crippen LogP contribution in [-0.2, 0) is 14.3 Å². The molecule has 1 aromatic rings. The van der Waals surface area contributed by atoms with Gasteiger partial charge in [-0.3, -0.25) is 25.0 Å². The van der Waals surface area contributed by atoms with Crippen molar-refractivity contribution >= 4 is 23.6 Å². The minimum Gasteiger partial charge on any atom is -0.493 e. The predicted octanol–water partition coefficient (Wildman–Crippen LogP) is 13.7. The Bertz CT molecular complexity index is 1630. The number of nitrogens with zero attached hydrogens (tertiary/aromatic N) is 1. The van der Waals surface area contributed by atoms with E-state index >= 15 is 0 Å². The Morgan fingerprint density at radius 2 is 1.14 bits per heavy atom. The first-order valence-corrected chi connectivity index (χ1v) is 29.4. The number of methoxy groups -OCH3 is 1. The number of ether oxygens (including phenoxy) is 3. The highest BCUT2D eigenvalue weighted by Gasteiger charge is 2.28. The average molecular weight is 1040 g/mol. The van der Waals surface area contributed by atoms with Crippen molar-refractivity contribution in [1.29, 1.82) is 0 Å². The van der Waals surface area contributed by atoms with Gasteiger partial charge in [0.05, 0.1) is 30.3 Å². The molecule has 0 saturated heterocycles. The molecule has 0 spiro atoms. The molecule has 0 bridgehead atoms. The van der Waals surface area contributed by atoms with E-state index in [2.05, 4.69) is 59.4 Å². The van der Waals surface area contributed by atoms with E-state index in [1.165, 1.54) is 148 Å². The number of amides is 3. The van der Waals surface area contributed by atoms with Gasteiger partial charge in [-0.2, -0.15) is 0 Å². The third-order valence-corrected chi connectivity index (χ3v) is 13.3. The topological polar surface area (TPSA) is 211 Å². The molecule has 0 aliphatic heterocycles. The summed E-state index contributed by atoms with van der Waals surface area (Å²) in [6, 6.07) is 1.65. The zero-order valence-corrected chi connectivity index (χ0v) is 46.9. The zero-order valence-electron chi connectivity index (χ0n) is 46.9. The predicted molar refractivity (Wildman–Crippen MR) is 301 cm³/mol. The molecule has 3 atom stereocenters. The number of hydrogen-bond acceptors (Lipinski definition) is 11. The van der Waals surface area contributed by atoms with Gasteiger partial charge in [-0.05, 0) is 122 Å². The number of aliphatic hydroxyl groups excluding tert-OH is 2. The summed E-state index contributed by atoms with van der Waals surface area (Å²) < 4.78 is 16.9. The number of benzene rings is 1. The van der Waals surface area contributed by atoms with Gasteiger partial charge in [0.25, 0.3) is 5.69 Å². The maximum absolute atomic E-state index is 13.2. The van der Waals surface area contributed by atoms with Crippen molar-refractivity contribution in [3.63, 3.8) is 0 Å². The molecular formula is C59H105N5O10. The lowest BCUT2D eigenvalue weighted by Crippen LogP contribution is -2.47. The van der Waals surface area contributed by atoms with Gasteiger partial charge >= 0.3 is 6.09 Å². The average Bonchev–Trinajstić information content (AvgIpc) is 3.38. The Hall–Kier alpha value is -4.21. The van der Waals surface area contributed by atoms with Crippen molar-refractivity contribution in [2.45, 2.75) is 257 Å². The van der Waals surface area contributed by atoms with Gasteiger partial charge in [0.2, 0.25) is 11.8 Å². The second-order valence-electron chi connectivity index (χ2n) is 20.0. The molecule has 0 fully saturated rings. The van der Waals surface area contributed by atoms with Crippen LogP contribution in [-0.4, -0.2) is 85.3 Å². The number of nitrogens with one attached hydrogen (secondary N) is 4. The van der Waals surface area contributed by atoms with E-state index < -0.39 is 35.3 Å². The van der Waals surface area contributed by atoms with E-state index in [4.69, 9.17) is 14.2 Å². The van der Waals surface area contributed by atoms with Gasteiger partial charge < -0.3 is 40.4 Å². The Morgan fingerprint density at radius 1 is 0.635 bits per heavy atom. The molecule has 426 valence electrons. The van der Waals surface area contributed by atoms with Crippen LogP contribution in [0.25, 0.3) is 0 Å². The van der Waals surface area contributed by atoms with Crippen LogP contribution in [0, 0.1) is 10.1 Å². The summed E-state index contributed by atoms with van der Waals surface area (Å²) >= 11 is 0. The van der Waals surface area contributed by atoms with Crippen molar-refractivity contribution in [2.24, 2.45) is 0 Å². The first-order valence-electron chi connectivity index (χ1n) is 29.4. The Morgan fingerprint density at radius 3 is 1.68 bits per heavy atom. The van der Waals surface area contributed by atoms with Gasteiger partial charge in [0, 0.05) is 26.1 Å². The number of hydrogen-bond donors (Lipinski definition) is 6. The summed E-state index contributed by atoms with van der Waals surface area (Å²) in [6.45, 7) is 7.38. The van der Waals surface area contributed by atoms with Crippen molar-refractivity contribution < 1.29 is 43.7 Å². The number of carbonyl (C=O) groups is 3. The van der Waals surface area contributed by atoms with Gasteiger partial charge in [0.15, 0.2) is 11.5 Å². The standard InChI is InChI=1S/C59H105N5O10/c1-5-7-9-11-13-15-17-19-21-23-25-27-29-31-33-36-43-60-57(67)42-38-47-73-55-49-53(64(70)71)51(48-54(55)72-4)50(3)74-59(69)63-52(58(68)62-45-39-46-65)40-35-37-44-61-56(66)41-34-32-30-28-26-24-22-20-18-16-14-12-10-8-6-2/h19-22,48-50,52,56,61,65-66H,5-18,23-47H2,1-4H3,(H,60,67)(H,62,68)(H,63,69)/b21-19-,22-20-. The number of nitro groups is 1. The second-order valence-corrected chi connectivity index (χ2v) is 20.0. The van der Waals surface area contributed by atoms with Crippen molar-refractivity contribution in [1.82, 2.24) is 21.3 Å². The molecule has 74 heavy (non-hydrogen) atoms. The summed E-state index contributed by atoms with van der Waals surface area (Å²) in [5.74, 6) is -0.205. The fraction of sp³-hybridized carbons (Fsp3) is 0.780. The smallest absolute Gasteiger partial charge is 0.408 e. The summed E-state index contributed by atoms with van der Waals surface area (Å²) in [7, 11) is 1.40. The van der Waals surface area contributed by atoms with Crippen LogP contribution >= 0.6 is 0 Å². The normalized spacial score (nSPS) is 12.7. The molecule has 6 N–H and O–H groups in total. The number of alkyl carbamates (subject to hydrolysis) is 1. The highest BCUT2D eigenvalue weighted by molar-refractivity contribution is 5.85. The first-order chi connectivity index (χ1) is 36.1. The third kappa shape index (κ3) is 37.5. The largest absolute Gasteiger partial charge is 0.493 e. The molecule has 1 rings (SSSR count). The highest BCUT2D eigenvalue weighted by Crippen LogP contribution is 2.38. The molecule has 0 aromatic heterocycles. The zero-order chi connectivity index (χ0) is 54.1. The number of nitro benzene ring substituents is 1. The number of carbonyl (C=O) groups excluding carboxylic acids is 3. The summed E-state index contributed by atoms with van der Waals surface area (Å²) in [5.41, 5.74) is -0.282. The maximum atomic E-state index is 13.2. The van der Waals surface area contributed by atoms with Crippen molar-refractivity contribution in [2.75, 3.05) is 40.0 Å². The molecule has 3 amide bonds. The number of aliphatic hydroxyl groups is 2. The molecule has 0 heterocycles. The summed E-state index contributed by atoms with van der Waals surface area (Å²) in [4.78, 5) is 50.5. The summed E-state index contributed by atoms with van der Waals surface area (Å²) in [6.07, 6.45) is 42.9.